The Kier molecular flexibility index (Phi) is 4.83. The second-order valence-corrected chi connectivity index (χ2v) is 5.11. The summed E-state index contributed by atoms with van der Waals surface area (Å²) < 4.78 is 0. The minimum absolute atomic E-state index is 0.109. The lowest BCUT2D eigenvalue weighted by molar-refractivity contribution is -0.136. The fourth-order valence-electron chi connectivity index (χ4n) is 1.81. The molecule has 2 aromatic carbocycles. The van der Waals surface area contributed by atoms with Crippen LogP contribution in [0.4, 0.5) is 5.69 Å². The van der Waals surface area contributed by atoms with Gasteiger partial charge in [-0.25, -0.2) is 0 Å². The molecule has 0 radical (unpaired) electrons. The van der Waals surface area contributed by atoms with Crippen LogP contribution in [0.15, 0.2) is 42.5 Å². The molecule has 0 aromatic heterocycles. The van der Waals surface area contributed by atoms with Gasteiger partial charge in [0.1, 0.15) is 0 Å². The molecule has 6 heteroatoms. The lowest BCUT2D eigenvalue weighted by Gasteiger charge is -2.08. The van der Waals surface area contributed by atoms with Crippen LogP contribution in [0, 0.1) is 0 Å². The summed E-state index contributed by atoms with van der Waals surface area (Å²) in [6.45, 7) is 0. The van der Waals surface area contributed by atoms with E-state index in [2.05, 4.69) is 5.32 Å². The van der Waals surface area contributed by atoms with Gasteiger partial charge in [-0.05, 0) is 29.8 Å². The number of amides is 1. The van der Waals surface area contributed by atoms with Gasteiger partial charge in [0.2, 0.25) is 0 Å². The van der Waals surface area contributed by atoms with E-state index in [0.29, 0.717) is 16.3 Å². The third-order valence-corrected chi connectivity index (χ3v) is 3.56. The Morgan fingerprint density at radius 3 is 2.52 bits per heavy atom. The van der Waals surface area contributed by atoms with Crippen LogP contribution in [0.2, 0.25) is 10.0 Å². The van der Waals surface area contributed by atoms with Crippen molar-refractivity contribution in [2.75, 3.05) is 5.32 Å². The molecule has 0 saturated carbocycles. The van der Waals surface area contributed by atoms with E-state index in [1.54, 1.807) is 42.5 Å². The van der Waals surface area contributed by atoms with Crippen LogP contribution < -0.4 is 5.32 Å². The second-order valence-electron chi connectivity index (χ2n) is 4.33. The van der Waals surface area contributed by atoms with Crippen molar-refractivity contribution in [2.45, 2.75) is 6.42 Å². The smallest absolute Gasteiger partial charge is 0.307 e. The molecule has 2 rings (SSSR count). The molecular formula is C15H11Cl2NO3. The molecule has 0 heterocycles. The van der Waals surface area contributed by atoms with Gasteiger partial charge in [-0.3, -0.25) is 9.59 Å². The van der Waals surface area contributed by atoms with Crippen LogP contribution in [0.3, 0.4) is 0 Å². The molecule has 0 aliphatic heterocycles. The molecule has 2 aromatic rings. The summed E-state index contributed by atoms with van der Waals surface area (Å²) in [4.78, 5) is 22.8. The Balaban J connectivity index is 2.20. The summed E-state index contributed by atoms with van der Waals surface area (Å²) in [5.41, 5.74) is 1.35. The summed E-state index contributed by atoms with van der Waals surface area (Å²) in [7, 11) is 0. The van der Waals surface area contributed by atoms with Gasteiger partial charge in [0.25, 0.3) is 5.91 Å². The van der Waals surface area contributed by atoms with Gasteiger partial charge in [-0.2, -0.15) is 0 Å². The zero-order valence-electron chi connectivity index (χ0n) is 10.8. The van der Waals surface area contributed by atoms with Crippen molar-refractivity contribution in [3.8, 4) is 0 Å². The number of carboxylic acid groups (broad SMARTS) is 1. The monoisotopic (exact) mass is 323 g/mol. The third-order valence-electron chi connectivity index (χ3n) is 2.74. The maximum absolute atomic E-state index is 12.2. The van der Waals surface area contributed by atoms with E-state index in [-0.39, 0.29) is 17.0 Å². The van der Waals surface area contributed by atoms with Crippen LogP contribution in [0.5, 0.6) is 0 Å². The van der Waals surface area contributed by atoms with Gasteiger partial charge in [0.15, 0.2) is 0 Å². The second kappa shape index (κ2) is 6.61. The molecule has 0 aliphatic rings. The highest BCUT2D eigenvalue weighted by molar-refractivity contribution is 6.44. The molecule has 108 valence electrons. The average molecular weight is 324 g/mol. The van der Waals surface area contributed by atoms with Crippen LogP contribution in [-0.4, -0.2) is 17.0 Å². The van der Waals surface area contributed by atoms with Crippen LogP contribution in [0.25, 0.3) is 0 Å². The van der Waals surface area contributed by atoms with Crippen molar-refractivity contribution in [1.82, 2.24) is 0 Å². The molecule has 4 nitrogen and oxygen atoms in total. The van der Waals surface area contributed by atoms with E-state index in [1.165, 1.54) is 0 Å². The number of carboxylic acids is 1. The van der Waals surface area contributed by atoms with Crippen LogP contribution in [0.1, 0.15) is 15.9 Å². The standard InChI is InChI=1S/C15H11Cl2NO3/c16-12-6-2-5-11(14(12)17)15(21)18-10-4-1-3-9(7-10)8-13(19)20/h1-7H,8H2,(H,18,21)(H,19,20). The largest absolute Gasteiger partial charge is 0.481 e. The van der Waals surface area contributed by atoms with Gasteiger partial charge in [0.05, 0.1) is 22.0 Å². The summed E-state index contributed by atoms with van der Waals surface area (Å²) in [5, 5.41) is 11.9. The number of carbonyl (C=O) groups excluding carboxylic acids is 1. The SMILES string of the molecule is O=C(O)Cc1cccc(NC(=O)c2cccc(Cl)c2Cl)c1. The number of benzene rings is 2. The Morgan fingerprint density at radius 1 is 1.10 bits per heavy atom. The minimum atomic E-state index is -0.934. The number of halogens is 2. The maximum atomic E-state index is 12.2. The van der Waals surface area contributed by atoms with Crippen molar-refractivity contribution in [3.05, 3.63) is 63.6 Å². The van der Waals surface area contributed by atoms with Crippen molar-refractivity contribution in [1.29, 1.82) is 0 Å². The number of nitrogens with one attached hydrogen (secondary N) is 1. The number of carbonyl (C=O) groups is 2. The first-order valence-electron chi connectivity index (χ1n) is 6.03. The van der Waals surface area contributed by atoms with Crippen LogP contribution in [-0.2, 0) is 11.2 Å². The molecule has 0 unspecified atom stereocenters. The zero-order chi connectivity index (χ0) is 15.4. The molecule has 0 spiro atoms. The Labute approximate surface area is 131 Å². The number of aliphatic carboxylic acids is 1. The highest BCUT2D eigenvalue weighted by Gasteiger charge is 2.13. The summed E-state index contributed by atoms with van der Waals surface area (Å²) in [6, 6.07) is 11.4. The van der Waals surface area contributed by atoms with Crippen molar-refractivity contribution in [3.63, 3.8) is 0 Å². The fourth-order valence-corrected chi connectivity index (χ4v) is 2.20. The zero-order valence-corrected chi connectivity index (χ0v) is 12.3. The van der Waals surface area contributed by atoms with Gasteiger partial charge < -0.3 is 10.4 Å². The van der Waals surface area contributed by atoms with E-state index >= 15 is 0 Å². The summed E-state index contributed by atoms with van der Waals surface area (Å²) in [5.74, 6) is -1.34. The molecule has 1 amide bonds. The topological polar surface area (TPSA) is 66.4 Å². The molecular weight excluding hydrogens is 313 g/mol. The Morgan fingerprint density at radius 2 is 1.81 bits per heavy atom. The highest BCUT2D eigenvalue weighted by atomic mass is 35.5. The predicted octanol–water partition coefficient (Wildman–Crippen LogP) is 3.87. The predicted molar refractivity (Wildman–Crippen MR) is 82.2 cm³/mol. The van der Waals surface area contributed by atoms with Crippen molar-refractivity contribution in [2.24, 2.45) is 0 Å². The number of anilines is 1. The van der Waals surface area contributed by atoms with Crippen LogP contribution >= 0.6 is 23.2 Å². The Bertz CT molecular complexity index is 701. The fraction of sp³-hybridized carbons (Fsp3) is 0.0667. The molecule has 0 bridgehead atoms. The number of rotatable bonds is 4. The maximum Gasteiger partial charge on any atom is 0.307 e. The van der Waals surface area contributed by atoms with Gasteiger partial charge >= 0.3 is 5.97 Å². The number of hydrogen-bond acceptors (Lipinski definition) is 2. The summed E-state index contributed by atoms with van der Waals surface area (Å²) >= 11 is 11.9. The lowest BCUT2D eigenvalue weighted by Crippen LogP contribution is -2.13. The first-order chi connectivity index (χ1) is 9.97. The molecule has 0 saturated heterocycles. The molecule has 2 N–H and O–H groups in total. The average Bonchev–Trinajstić information content (AvgIpc) is 2.41. The summed E-state index contributed by atoms with van der Waals surface area (Å²) in [6.07, 6.45) is -0.109. The lowest BCUT2D eigenvalue weighted by atomic mass is 10.1. The van der Waals surface area contributed by atoms with Gasteiger partial charge in [0, 0.05) is 5.69 Å². The Hall–Kier alpha value is -2.04. The van der Waals surface area contributed by atoms with Gasteiger partial charge in [-0.15, -0.1) is 0 Å². The van der Waals surface area contributed by atoms with Crippen molar-refractivity contribution < 1.29 is 14.7 Å². The normalized spacial score (nSPS) is 10.2. The number of hydrogen-bond donors (Lipinski definition) is 2. The van der Waals surface area contributed by atoms with E-state index in [4.69, 9.17) is 28.3 Å². The third kappa shape index (κ3) is 3.97. The van der Waals surface area contributed by atoms with E-state index in [0.717, 1.165) is 0 Å². The van der Waals surface area contributed by atoms with Crippen molar-refractivity contribution >= 4 is 40.8 Å². The quantitative estimate of drug-likeness (QED) is 0.897. The van der Waals surface area contributed by atoms with E-state index < -0.39 is 11.9 Å². The molecule has 0 fully saturated rings. The highest BCUT2D eigenvalue weighted by Crippen LogP contribution is 2.26. The first kappa shape index (κ1) is 15.4. The molecule has 0 atom stereocenters. The van der Waals surface area contributed by atoms with E-state index in [9.17, 15) is 9.59 Å². The van der Waals surface area contributed by atoms with Gasteiger partial charge in [-0.1, -0.05) is 41.4 Å². The minimum Gasteiger partial charge on any atom is -0.481 e. The molecule has 21 heavy (non-hydrogen) atoms. The first-order valence-corrected chi connectivity index (χ1v) is 6.79. The van der Waals surface area contributed by atoms with E-state index in [1.807, 2.05) is 0 Å². The molecule has 0 aliphatic carbocycles.